The molecule has 0 aliphatic carbocycles. The van der Waals surface area contributed by atoms with E-state index in [4.69, 9.17) is 0 Å². The molecule has 0 atom stereocenters. The molecule has 0 radical (unpaired) electrons. The van der Waals surface area contributed by atoms with Crippen LogP contribution in [-0.4, -0.2) is 9.97 Å². The Bertz CT molecular complexity index is 708. The lowest BCUT2D eigenvalue weighted by atomic mass is 9.98. The van der Waals surface area contributed by atoms with Crippen LogP contribution in [0.4, 0.5) is 0 Å². The number of hydrogen-bond acceptors (Lipinski definition) is 1. The standard InChI is InChI=1S/C16H14N2/c1-11(13-6-5-9-17-10-13)16-12(2)18-15-8-4-3-7-14(15)16/h3-10,18H,1H2,2H3. The highest BCUT2D eigenvalue weighted by Crippen LogP contribution is 2.31. The zero-order chi connectivity index (χ0) is 12.5. The first-order chi connectivity index (χ1) is 8.77. The number of aromatic amines is 1. The van der Waals surface area contributed by atoms with E-state index in [0.29, 0.717) is 0 Å². The summed E-state index contributed by atoms with van der Waals surface area (Å²) in [6, 6.07) is 12.3. The topological polar surface area (TPSA) is 28.7 Å². The van der Waals surface area contributed by atoms with Crippen molar-refractivity contribution in [2.24, 2.45) is 0 Å². The van der Waals surface area contributed by atoms with E-state index in [2.05, 4.69) is 41.7 Å². The fourth-order valence-electron chi connectivity index (χ4n) is 2.35. The number of aromatic nitrogens is 2. The highest BCUT2D eigenvalue weighted by Gasteiger charge is 2.12. The van der Waals surface area contributed by atoms with Crippen molar-refractivity contribution in [3.8, 4) is 0 Å². The first-order valence-electron chi connectivity index (χ1n) is 5.94. The smallest absolute Gasteiger partial charge is 0.0462 e. The monoisotopic (exact) mass is 234 g/mol. The Morgan fingerprint density at radius 1 is 1.17 bits per heavy atom. The number of fused-ring (bicyclic) bond motifs is 1. The second kappa shape index (κ2) is 4.15. The lowest BCUT2D eigenvalue weighted by Gasteiger charge is -2.05. The minimum atomic E-state index is 1.01. The molecule has 0 aliphatic heterocycles. The van der Waals surface area contributed by atoms with Crippen LogP contribution in [-0.2, 0) is 0 Å². The quantitative estimate of drug-likeness (QED) is 0.715. The van der Waals surface area contributed by atoms with Gasteiger partial charge in [-0.05, 0) is 24.6 Å². The van der Waals surface area contributed by atoms with Crippen molar-refractivity contribution in [1.82, 2.24) is 9.97 Å². The van der Waals surface area contributed by atoms with Crippen LogP contribution >= 0.6 is 0 Å². The molecule has 0 fully saturated rings. The summed E-state index contributed by atoms with van der Waals surface area (Å²) in [7, 11) is 0. The minimum absolute atomic E-state index is 1.01. The average Bonchev–Trinajstić information content (AvgIpc) is 2.75. The van der Waals surface area contributed by atoms with E-state index in [9.17, 15) is 0 Å². The summed E-state index contributed by atoms with van der Waals surface area (Å²) in [6.07, 6.45) is 3.63. The Labute approximate surface area is 106 Å². The number of aryl methyl sites for hydroxylation is 1. The molecule has 2 nitrogen and oxygen atoms in total. The summed E-state index contributed by atoms with van der Waals surface area (Å²) in [5.74, 6) is 0. The Balaban J connectivity index is 2.21. The van der Waals surface area contributed by atoms with Crippen LogP contribution in [0.5, 0.6) is 0 Å². The maximum Gasteiger partial charge on any atom is 0.0462 e. The fourth-order valence-corrected chi connectivity index (χ4v) is 2.35. The van der Waals surface area contributed by atoms with Gasteiger partial charge in [0.1, 0.15) is 0 Å². The maximum atomic E-state index is 4.22. The minimum Gasteiger partial charge on any atom is -0.358 e. The highest BCUT2D eigenvalue weighted by atomic mass is 14.7. The van der Waals surface area contributed by atoms with E-state index in [-0.39, 0.29) is 0 Å². The van der Waals surface area contributed by atoms with Gasteiger partial charge in [0.15, 0.2) is 0 Å². The molecule has 88 valence electrons. The Morgan fingerprint density at radius 2 is 2.00 bits per heavy atom. The number of rotatable bonds is 2. The van der Waals surface area contributed by atoms with Crippen LogP contribution in [0, 0.1) is 6.92 Å². The Morgan fingerprint density at radius 3 is 2.78 bits per heavy atom. The maximum absolute atomic E-state index is 4.22. The predicted octanol–water partition coefficient (Wildman–Crippen LogP) is 3.93. The number of benzene rings is 1. The molecular formula is C16H14N2. The second-order valence-electron chi connectivity index (χ2n) is 4.39. The van der Waals surface area contributed by atoms with Crippen LogP contribution in [0.3, 0.4) is 0 Å². The Kier molecular flexibility index (Phi) is 2.49. The summed E-state index contributed by atoms with van der Waals surface area (Å²) in [5, 5.41) is 1.21. The normalized spacial score (nSPS) is 10.7. The lowest BCUT2D eigenvalue weighted by Crippen LogP contribution is -1.88. The number of H-pyrrole nitrogens is 1. The number of nitrogens with one attached hydrogen (secondary N) is 1. The molecule has 2 aromatic heterocycles. The average molecular weight is 234 g/mol. The molecule has 0 saturated carbocycles. The first-order valence-corrected chi connectivity index (χ1v) is 5.94. The van der Waals surface area contributed by atoms with E-state index >= 15 is 0 Å². The van der Waals surface area contributed by atoms with E-state index in [1.807, 2.05) is 24.4 Å². The number of hydrogen-bond donors (Lipinski definition) is 1. The molecule has 2 heterocycles. The third-order valence-corrected chi connectivity index (χ3v) is 3.21. The third-order valence-electron chi connectivity index (χ3n) is 3.21. The van der Waals surface area contributed by atoms with Crippen LogP contribution in [0.1, 0.15) is 16.8 Å². The molecule has 0 unspecified atom stereocenters. The van der Waals surface area contributed by atoms with Crippen molar-refractivity contribution in [1.29, 1.82) is 0 Å². The zero-order valence-corrected chi connectivity index (χ0v) is 10.3. The van der Waals surface area contributed by atoms with Crippen LogP contribution < -0.4 is 0 Å². The van der Waals surface area contributed by atoms with Crippen molar-refractivity contribution in [3.05, 3.63) is 72.2 Å². The molecule has 3 aromatic rings. The highest BCUT2D eigenvalue weighted by molar-refractivity contribution is 5.97. The van der Waals surface area contributed by atoms with Gasteiger partial charge in [0, 0.05) is 40.1 Å². The predicted molar refractivity (Wildman–Crippen MR) is 75.4 cm³/mol. The molecule has 1 aromatic carbocycles. The van der Waals surface area contributed by atoms with Crippen molar-refractivity contribution in [3.63, 3.8) is 0 Å². The summed E-state index contributed by atoms with van der Waals surface area (Å²) >= 11 is 0. The van der Waals surface area contributed by atoms with E-state index < -0.39 is 0 Å². The van der Waals surface area contributed by atoms with Gasteiger partial charge in [0.2, 0.25) is 0 Å². The van der Waals surface area contributed by atoms with Gasteiger partial charge in [0.05, 0.1) is 0 Å². The van der Waals surface area contributed by atoms with Gasteiger partial charge in [-0.3, -0.25) is 4.98 Å². The van der Waals surface area contributed by atoms with Gasteiger partial charge in [0.25, 0.3) is 0 Å². The van der Waals surface area contributed by atoms with E-state index in [1.54, 1.807) is 6.20 Å². The van der Waals surface area contributed by atoms with Gasteiger partial charge in [-0.15, -0.1) is 0 Å². The molecule has 2 heteroatoms. The van der Waals surface area contributed by atoms with Gasteiger partial charge < -0.3 is 4.98 Å². The summed E-state index contributed by atoms with van der Waals surface area (Å²) in [6.45, 7) is 6.30. The fraction of sp³-hybridized carbons (Fsp3) is 0.0625. The van der Waals surface area contributed by atoms with Crippen molar-refractivity contribution < 1.29 is 0 Å². The molecule has 0 saturated heterocycles. The molecular weight excluding hydrogens is 220 g/mol. The van der Waals surface area contributed by atoms with Gasteiger partial charge in [-0.25, -0.2) is 0 Å². The van der Waals surface area contributed by atoms with Crippen molar-refractivity contribution >= 4 is 16.5 Å². The van der Waals surface area contributed by atoms with Crippen LogP contribution in [0.15, 0.2) is 55.4 Å². The molecule has 3 rings (SSSR count). The number of para-hydroxylation sites is 1. The third kappa shape index (κ3) is 1.63. The van der Waals surface area contributed by atoms with E-state index in [1.165, 1.54) is 10.9 Å². The molecule has 0 bridgehead atoms. The molecule has 1 N–H and O–H groups in total. The van der Waals surface area contributed by atoms with E-state index in [0.717, 1.165) is 22.3 Å². The number of pyridine rings is 1. The first kappa shape index (κ1) is 10.8. The van der Waals surface area contributed by atoms with Crippen molar-refractivity contribution in [2.75, 3.05) is 0 Å². The summed E-state index contributed by atoms with van der Waals surface area (Å²) in [4.78, 5) is 7.55. The van der Waals surface area contributed by atoms with Gasteiger partial charge >= 0.3 is 0 Å². The molecule has 0 spiro atoms. The number of nitrogens with zero attached hydrogens (tertiary/aromatic N) is 1. The van der Waals surface area contributed by atoms with Gasteiger partial charge in [-0.2, -0.15) is 0 Å². The van der Waals surface area contributed by atoms with Crippen LogP contribution in [0.25, 0.3) is 16.5 Å². The van der Waals surface area contributed by atoms with Crippen LogP contribution in [0.2, 0.25) is 0 Å². The second-order valence-corrected chi connectivity index (χ2v) is 4.39. The summed E-state index contributed by atoms with van der Waals surface area (Å²) in [5.41, 5.74) is 5.54. The SMILES string of the molecule is C=C(c1cccnc1)c1c(C)[nH]c2ccccc12. The summed E-state index contributed by atoms with van der Waals surface area (Å²) < 4.78 is 0. The Hall–Kier alpha value is -2.35. The largest absolute Gasteiger partial charge is 0.358 e. The van der Waals surface area contributed by atoms with Gasteiger partial charge in [-0.1, -0.05) is 30.8 Å². The lowest BCUT2D eigenvalue weighted by molar-refractivity contribution is 1.27. The van der Waals surface area contributed by atoms with Crippen molar-refractivity contribution in [2.45, 2.75) is 6.92 Å². The molecule has 0 amide bonds. The molecule has 18 heavy (non-hydrogen) atoms. The zero-order valence-electron chi connectivity index (χ0n) is 10.3. The molecule has 0 aliphatic rings.